The van der Waals surface area contributed by atoms with Gasteiger partial charge in [0.25, 0.3) is 0 Å². The molecule has 1 N–H and O–H groups in total. The Bertz CT molecular complexity index is 446. The number of halogens is 1. The van der Waals surface area contributed by atoms with Crippen molar-refractivity contribution in [2.45, 2.75) is 40.7 Å². The summed E-state index contributed by atoms with van der Waals surface area (Å²) in [4.78, 5) is 12.0. The molecule has 1 atom stereocenters. The Labute approximate surface area is 129 Å². The van der Waals surface area contributed by atoms with Crippen LogP contribution in [0, 0.1) is 19.8 Å². The van der Waals surface area contributed by atoms with Crippen molar-refractivity contribution in [2.75, 3.05) is 19.8 Å². The minimum atomic E-state index is -0.105. The van der Waals surface area contributed by atoms with E-state index in [1.165, 1.54) is 0 Å². The van der Waals surface area contributed by atoms with E-state index in [0.29, 0.717) is 19.7 Å². The highest BCUT2D eigenvalue weighted by Crippen LogP contribution is 2.20. The van der Waals surface area contributed by atoms with Crippen molar-refractivity contribution in [3.8, 4) is 0 Å². The second-order valence-electron chi connectivity index (χ2n) is 4.91. The Morgan fingerprint density at radius 1 is 1.50 bits per heavy atom. The van der Waals surface area contributed by atoms with Crippen LogP contribution in [0.25, 0.3) is 0 Å². The van der Waals surface area contributed by atoms with Crippen LogP contribution in [0.15, 0.2) is 4.47 Å². The van der Waals surface area contributed by atoms with Gasteiger partial charge in [-0.25, -0.2) is 0 Å². The third-order valence-electron chi connectivity index (χ3n) is 3.16. The lowest BCUT2D eigenvalue weighted by atomic mass is 10.1. The van der Waals surface area contributed by atoms with Gasteiger partial charge < -0.3 is 10.1 Å². The summed E-state index contributed by atoms with van der Waals surface area (Å²) in [6.45, 7) is 10.5. The molecule has 6 heteroatoms. The van der Waals surface area contributed by atoms with Gasteiger partial charge in [-0.1, -0.05) is 6.92 Å². The second-order valence-corrected chi connectivity index (χ2v) is 5.70. The number of hydrogen-bond acceptors (Lipinski definition) is 3. The van der Waals surface area contributed by atoms with Crippen molar-refractivity contribution in [1.29, 1.82) is 0 Å². The molecular formula is C14H24BrN3O2. The predicted molar refractivity (Wildman–Crippen MR) is 82.7 cm³/mol. The Hall–Kier alpha value is -0.880. The average molecular weight is 346 g/mol. The van der Waals surface area contributed by atoms with E-state index in [1.54, 1.807) is 0 Å². The molecule has 114 valence electrons. The molecule has 0 fully saturated rings. The smallest absolute Gasteiger partial charge is 0.224 e. The predicted octanol–water partition coefficient (Wildman–Crippen LogP) is 2.44. The molecule has 1 aromatic heterocycles. The summed E-state index contributed by atoms with van der Waals surface area (Å²) in [5.41, 5.74) is 2.00. The Morgan fingerprint density at radius 2 is 2.20 bits per heavy atom. The molecule has 0 saturated carbocycles. The molecular weight excluding hydrogens is 322 g/mol. The highest BCUT2D eigenvalue weighted by atomic mass is 79.9. The summed E-state index contributed by atoms with van der Waals surface area (Å²) in [7, 11) is 0. The zero-order valence-electron chi connectivity index (χ0n) is 12.7. The van der Waals surface area contributed by atoms with Gasteiger partial charge in [-0.15, -0.1) is 0 Å². The first-order chi connectivity index (χ1) is 9.47. The van der Waals surface area contributed by atoms with E-state index in [4.69, 9.17) is 4.74 Å². The number of amides is 1. The minimum absolute atomic E-state index is 0.0603. The largest absolute Gasteiger partial charge is 0.382 e. The van der Waals surface area contributed by atoms with E-state index < -0.39 is 0 Å². The van der Waals surface area contributed by atoms with Crippen LogP contribution in [0.1, 0.15) is 31.7 Å². The Kier molecular flexibility index (Phi) is 7.23. The first-order valence-corrected chi connectivity index (χ1v) is 7.81. The van der Waals surface area contributed by atoms with Gasteiger partial charge in [0.05, 0.1) is 22.6 Å². The number of carbonyl (C=O) groups excluding carboxylic acids is 1. The van der Waals surface area contributed by atoms with Crippen molar-refractivity contribution in [3.05, 3.63) is 15.9 Å². The van der Waals surface area contributed by atoms with Crippen LogP contribution in [-0.2, 0) is 16.1 Å². The zero-order valence-corrected chi connectivity index (χ0v) is 14.3. The molecule has 1 rings (SSSR count). The van der Waals surface area contributed by atoms with Gasteiger partial charge in [0.2, 0.25) is 5.91 Å². The Balaban J connectivity index is 2.39. The van der Waals surface area contributed by atoms with Crippen LogP contribution in [0.4, 0.5) is 0 Å². The fourth-order valence-electron chi connectivity index (χ4n) is 1.90. The van der Waals surface area contributed by atoms with Crippen LogP contribution in [0.5, 0.6) is 0 Å². The quantitative estimate of drug-likeness (QED) is 0.736. The average Bonchev–Trinajstić information content (AvgIpc) is 2.66. The Morgan fingerprint density at radius 3 is 2.75 bits per heavy atom. The molecule has 1 amide bonds. The third-order valence-corrected chi connectivity index (χ3v) is 4.30. The van der Waals surface area contributed by atoms with E-state index in [1.807, 2.05) is 32.4 Å². The van der Waals surface area contributed by atoms with Crippen LogP contribution < -0.4 is 5.32 Å². The van der Waals surface area contributed by atoms with E-state index in [9.17, 15) is 4.79 Å². The summed E-state index contributed by atoms with van der Waals surface area (Å²) in [6, 6.07) is 0. The summed E-state index contributed by atoms with van der Waals surface area (Å²) in [5.74, 6) is -0.0443. The van der Waals surface area contributed by atoms with Crippen LogP contribution in [0.3, 0.4) is 0 Å². The molecule has 5 nitrogen and oxygen atoms in total. The number of ether oxygens (including phenoxy) is 1. The lowest BCUT2D eigenvalue weighted by Gasteiger charge is -2.13. The van der Waals surface area contributed by atoms with Crippen LogP contribution in [-0.4, -0.2) is 35.4 Å². The van der Waals surface area contributed by atoms with Gasteiger partial charge in [-0.3, -0.25) is 9.48 Å². The number of aryl methyl sites for hydroxylation is 1. The third kappa shape index (κ3) is 4.90. The molecule has 0 aliphatic carbocycles. The topological polar surface area (TPSA) is 56.1 Å². The zero-order chi connectivity index (χ0) is 15.1. The molecule has 1 aromatic rings. The molecule has 0 saturated heterocycles. The van der Waals surface area contributed by atoms with Crippen molar-refractivity contribution < 1.29 is 9.53 Å². The van der Waals surface area contributed by atoms with E-state index >= 15 is 0 Å². The second kappa shape index (κ2) is 8.42. The number of rotatable bonds is 8. The maximum absolute atomic E-state index is 12.0. The highest BCUT2D eigenvalue weighted by Gasteiger charge is 2.16. The fourth-order valence-corrected chi connectivity index (χ4v) is 2.18. The molecule has 1 heterocycles. The standard InChI is InChI=1S/C14H24BrN3O2/c1-5-20-8-6-7-16-14(19)10(2)9-18-12(4)13(15)11(3)17-18/h10H,5-9H2,1-4H3,(H,16,19). The monoisotopic (exact) mass is 345 g/mol. The van der Waals surface area contributed by atoms with Crippen molar-refractivity contribution in [3.63, 3.8) is 0 Å². The summed E-state index contributed by atoms with van der Waals surface area (Å²) < 4.78 is 8.13. The minimum Gasteiger partial charge on any atom is -0.382 e. The molecule has 0 aliphatic rings. The molecule has 0 spiro atoms. The molecule has 0 radical (unpaired) electrons. The molecule has 20 heavy (non-hydrogen) atoms. The van der Waals surface area contributed by atoms with Gasteiger partial charge in [0.1, 0.15) is 0 Å². The van der Waals surface area contributed by atoms with Gasteiger partial charge in [-0.05, 0) is 43.1 Å². The van der Waals surface area contributed by atoms with E-state index in [-0.39, 0.29) is 11.8 Å². The van der Waals surface area contributed by atoms with Gasteiger partial charge in [-0.2, -0.15) is 5.10 Å². The highest BCUT2D eigenvalue weighted by molar-refractivity contribution is 9.10. The van der Waals surface area contributed by atoms with Crippen molar-refractivity contribution in [2.24, 2.45) is 5.92 Å². The lowest BCUT2D eigenvalue weighted by molar-refractivity contribution is -0.125. The maximum Gasteiger partial charge on any atom is 0.224 e. The molecule has 0 aliphatic heterocycles. The number of nitrogens with zero attached hydrogens (tertiary/aromatic N) is 2. The number of aromatic nitrogens is 2. The fraction of sp³-hybridized carbons (Fsp3) is 0.714. The normalized spacial score (nSPS) is 12.4. The van der Waals surface area contributed by atoms with Crippen molar-refractivity contribution in [1.82, 2.24) is 15.1 Å². The van der Waals surface area contributed by atoms with Crippen LogP contribution in [0.2, 0.25) is 0 Å². The van der Waals surface area contributed by atoms with Crippen molar-refractivity contribution >= 4 is 21.8 Å². The van der Waals surface area contributed by atoms with E-state index in [0.717, 1.165) is 28.9 Å². The SMILES string of the molecule is CCOCCCNC(=O)C(C)Cn1nc(C)c(Br)c1C. The summed E-state index contributed by atoms with van der Waals surface area (Å²) in [5, 5.41) is 7.35. The summed E-state index contributed by atoms with van der Waals surface area (Å²) >= 11 is 3.50. The van der Waals surface area contributed by atoms with Gasteiger partial charge >= 0.3 is 0 Å². The first-order valence-electron chi connectivity index (χ1n) is 7.02. The molecule has 0 bridgehead atoms. The number of carbonyl (C=O) groups is 1. The van der Waals surface area contributed by atoms with E-state index in [2.05, 4.69) is 26.3 Å². The van der Waals surface area contributed by atoms with Gasteiger partial charge in [0.15, 0.2) is 0 Å². The molecule has 1 unspecified atom stereocenters. The lowest BCUT2D eigenvalue weighted by Crippen LogP contribution is -2.33. The maximum atomic E-state index is 12.0. The first kappa shape index (κ1) is 17.2. The number of nitrogens with one attached hydrogen (secondary N) is 1. The molecule has 0 aromatic carbocycles. The van der Waals surface area contributed by atoms with Crippen LogP contribution >= 0.6 is 15.9 Å². The van der Waals surface area contributed by atoms with Gasteiger partial charge in [0, 0.05) is 25.5 Å². The summed E-state index contributed by atoms with van der Waals surface area (Å²) in [6.07, 6.45) is 0.845. The number of hydrogen-bond donors (Lipinski definition) is 1.